The average Bonchev–Trinajstić information content (AvgIpc) is 3.28. The number of carbonyl (C=O) groups excluding carboxylic acids is 1. The van der Waals surface area contributed by atoms with Crippen molar-refractivity contribution >= 4 is 34.2 Å². The highest BCUT2D eigenvalue weighted by molar-refractivity contribution is 6.30. The summed E-state index contributed by atoms with van der Waals surface area (Å²) in [5.74, 6) is 1.46. The summed E-state index contributed by atoms with van der Waals surface area (Å²) in [5.41, 5.74) is 1.98. The van der Waals surface area contributed by atoms with E-state index in [0.29, 0.717) is 35.1 Å². The second-order valence-electron chi connectivity index (χ2n) is 6.59. The Morgan fingerprint density at radius 3 is 3.04 bits per heavy atom. The van der Waals surface area contributed by atoms with Gasteiger partial charge in [0.15, 0.2) is 0 Å². The molecule has 2 N–H and O–H groups in total. The van der Waals surface area contributed by atoms with Crippen LogP contribution in [0.1, 0.15) is 19.1 Å². The fraction of sp³-hybridized carbons (Fsp3) is 0.316. The number of aromatic nitrogens is 2. The summed E-state index contributed by atoms with van der Waals surface area (Å²) >= 11 is 6.21. The topological polar surface area (TPSA) is 89.3 Å². The van der Waals surface area contributed by atoms with Crippen molar-refractivity contribution in [2.45, 2.75) is 25.9 Å². The number of rotatable bonds is 6. The van der Waals surface area contributed by atoms with Crippen molar-refractivity contribution in [3.05, 3.63) is 47.6 Å². The molecule has 1 aliphatic heterocycles. The SMILES string of the molecule is C[C@H]1C[C@H](COc2ccnc3c(NCc4ccco4)cc(Cl)nc23)NC1=O. The van der Waals surface area contributed by atoms with Gasteiger partial charge in [0.1, 0.15) is 34.3 Å². The molecular formula is C19H19ClN4O3. The molecule has 1 fully saturated rings. The molecule has 0 radical (unpaired) electrons. The van der Waals surface area contributed by atoms with Crippen LogP contribution < -0.4 is 15.4 Å². The van der Waals surface area contributed by atoms with E-state index in [0.717, 1.165) is 17.9 Å². The third kappa shape index (κ3) is 3.83. The van der Waals surface area contributed by atoms with Crippen LogP contribution in [0.25, 0.3) is 11.0 Å². The lowest BCUT2D eigenvalue weighted by Gasteiger charge is -2.14. The van der Waals surface area contributed by atoms with Crippen LogP contribution in [0.3, 0.4) is 0 Å². The zero-order valence-corrected chi connectivity index (χ0v) is 15.5. The summed E-state index contributed by atoms with van der Waals surface area (Å²) < 4.78 is 11.3. The third-order valence-electron chi connectivity index (χ3n) is 4.53. The zero-order chi connectivity index (χ0) is 18.8. The van der Waals surface area contributed by atoms with Crippen LogP contribution in [0.4, 0.5) is 5.69 Å². The fourth-order valence-corrected chi connectivity index (χ4v) is 3.34. The molecule has 3 aromatic heterocycles. The van der Waals surface area contributed by atoms with E-state index in [-0.39, 0.29) is 17.9 Å². The third-order valence-corrected chi connectivity index (χ3v) is 4.72. The molecular weight excluding hydrogens is 368 g/mol. The smallest absolute Gasteiger partial charge is 0.223 e. The quantitative estimate of drug-likeness (QED) is 0.631. The van der Waals surface area contributed by atoms with Crippen molar-refractivity contribution in [1.29, 1.82) is 0 Å². The summed E-state index contributed by atoms with van der Waals surface area (Å²) in [4.78, 5) is 20.5. The van der Waals surface area contributed by atoms with Crippen LogP contribution in [-0.4, -0.2) is 28.5 Å². The summed E-state index contributed by atoms with van der Waals surface area (Å²) in [6.45, 7) is 2.79. The predicted octanol–water partition coefficient (Wildman–Crippen LogP) is 3.39. The number of nitrogens with one attached hydrogen (secondary N) is 2. The number of carbonyl (C=O) groups is 1. The minimum Gasteiger partial charge on any atom is -0.489 e. The Morgan fingerprint density at radius 2 is 2.30 bits per heavy atom. The average molecular weight is 387 g/mol. The lowest BCUT2D eigenvalue weighted by Crippen LogP contribution is -2.31. The van der Waals surface area contributed by atoms with Crippen molar-refractivity contribution in [2.75, 3.05) is 11.9 Å². The Hall–Kier alpha value is -2.80. The van der Waals surface area contributed by atoms with Gasteiger partial charge in [-0.15, -0.1) is 0 Å². The van der Waals surface area contributed by atoms with E-state index in [1.165, 1.54) is 0 Å². The highest BCUT2D eigenvalue weighted by Crippen LogP contribution is 2.30. The molecule has 0 aromatic carbocycles. The molecule has 2 atom stereocenters. The number of hydrogen-bond acceptors (Lipinski definition) is 6. The number of anilines is 1. The predicted molar refractivity (Wildman–Crippen MR) is 102 cm³/mol. The van der Waals surface area contributed by atoms with Crippen molar-refractivity contribution in [1.82, 2.24) is 15.3 Å². The van der Waals surface area contributed by atoms with E-state index in [4.69, 9.17) is 20.8 Å². The molecule has 8 heteroatoms. The Bertz CT molecular complexity index is 961. The minimum absolute atomic E-state index is 0.00792. The van der Waals surface area contributed by atoms with Gasteiger partial charge in [-0.25, -0.2) is 4.98 Å². The van der Waals surface area contributed by atoms with Gasteiger partial charge < -0.3 is 19.8 Å². The second kappa shape index (κ2) is 7.44. The molecule has 4 rings (SSSR count). The molecule has 3 aromatic rings. The van der Waals surface area contributed by atoms with Gasteiger partial charge in [0.05, 0.1) is 24.5 Å². The number of pyridine rings is 2. The monoisotopic (exact) mass is 386 g/mol. The Kier molecular flexibility index (Phi) is 4.85. The van der Waals surface area contributed by atoms with Gasteiger partial charge in [-0.05, 0) is 18.6 Å². The number of fused-ring (bicyclic) bond motifs is 1. The van der Waals surface area contributed by atoms with Crippen molar-refractivity contribution in [2.24, 2.45) is 5.92 Å². The Morgan fingerprint density at radius 1 is 1.41 bits per heavy atom. The molecule has 4 heterocycles. The van der Waals surface area contributed by atoms with Crippen molar-refractivity contribution in [3.8, 4) is 5.75 Å². The van der Waals surface area contributed by atoms with Crippen molar-refractivity contribution in [3.63, 3.8) is 0 Å². The maximum Gasteiger partial charge on any atom is 0.223 e. The van der Waals surface area contributed by atoms with Gasteiger partial charge >= 0.3 is 0 Å². The second-order valence-corrected chi connectivity index (χ2v) is 6.97. The van der Waals surface area contributed by atoms with E-state index in [1.54, 1.807) is 24.6 Å². The molecule has 0 spiro atoms. The lowest BCUT2D eigenvalue weighted by atomic mass is 10.1. The summed E-state index contributed by atoms with van der Waals surface area (Å²) in [6, 6.07) is 7.19. The molecule has 0 aliphatic carbocycles. The number of amides is 1. The fourth-order valence-electron chi connectivity index (χ4n) is 3.15. The first kappa shape index (κ1) is 17.6. The first-order valence-electron chi connectivity index (χ1n) is 8.75. The first-order chi connectivity index (χ1) is 13.1. The molecule has 1 amide bonds. The minimum atomic E-state index is -0.00792. The number of furan rings is 1. The first-order valence-corrected chi connectivity index (χ1v) is 9.12. The Labute approximate surface area is 161 Å². The van der Waals surface area contributed by atoms with Gasteiger partial charge in [0.25, 0.3) is 0 Å². The van der Waals surface area contributed by atoms with Gasteiger partial charge in [-0.1, -0.05) is 18.5 Å². The van der Waals surface area contributed by atoms with Crippen LogP contribution in [0.5, 0.6) is 5.75 Å². The standard InChI is InChI=1S/C19H19ClN4O3/c1-11-7-12(23-19(11)25)10-27-15-4-5-21-17-14(8-16(20)24-18(15)17)22-9-13-3-2-6-26-13/h2-6,8,11-12H,7,9-10H2,1H3,(H,22,24)(H,23,25)/t11-,12+/m0/s1. The molecule has 0 unspecified atom stereocenters. The van der Waals surface area contributed by atoms with Gasteiger partial charge in [0.2, 0.25) is 5.91 Å². The van der Waals surface area contributed by atoms with Crippen LogP contribution in [-0.2, 0) is 11.3 Å². The van der Waals surface area contributed by atoms with Crippen molar-refractivity contribution < 1.29 is 13.9 Å². The van der Waals surface area contributed by atoms with Crippen LogP contribution in [0.15, 0.2) is 41.1 Å². The van der Waals surface area contributed by atoms with Crippen LogP contribution in [0.2, 0.25) is 5.15 Å². The zero-order valence-electron chi connectivity index (χ0n) is 14.7. The van der Waals surface area contributed by atoms with Gasteiger partial charge in [-0.3, -0.25) is 9.78 Å². The van der Waals surface area contributed by atoms with E-state index in [1.807, 2.05) is 19.1 Å². The lowest BCUT2D eigenvalue weighted by molar-refractivity contribution is -0.122. The molecule has 1 aliphatic rings. The number of nitrogens with zero attached hydrogens (tertiary/aromatic N) is 2. The van der Waals surface area contributed by atoms with E-state index in [9.17, 15) is 4.79 Å². The number of halogens is 1. The molecule has 140 valence electrons. The number of ether oxygens (including phenoxy) is 1. The maximum atomic E-state index is 11.6. The van der Waals surface area contributed by atoms with Gasteiger partial charge in [0, 0.05) is 24.2 Å². The largest absolute Gasteiger partial charge is 0.489 e. The number of hydrogen-bond donors (Lipinski definition) is 2. The molecule has 1 saturated heterocycles. The highest BCUT2D eigenvalue weighted by atomic mass is 35.5. The summed E-state index contributed by atoms with van der Waals surface area (Å²) in [5, 5.41) is 6.54. The van der Waals surface area contributed by atoms with E-state index in [2.05, 4.69) is 20.6 Å². The highest BCUT2D eigenvalue weighted by Gasteiger charge is 2.28. The van der Waals surface area contributed by atoms with Crippen LogP contribution in [0, 0.1) is 5.92 Å². The van der Waals surface area contributed by atoms with E-state index >= 15 is 0 Å². The molecule has 27 heavy (non-hydrogen) atoms. The van der Waals surface area contributed by atoms with Gasteiger partial charge in [-0.2, -0.15) is 0 Å². The maximum absolute atomic E-state index is 11.6. The molecule has 0 saturated carbocycles. The normalized spacial score (nSPS) is 19.3. The van der Waals surface area contributed by atoms with E-state index < -0.39 is 0 Å². The summed E-state index contributed by atoms with van der Waals surface area (Å²) in [7, 11) is 0. The molecule has 0 bridgehead atoms. The van der Waals surface area contributed by atoms with Crippen LogP contribution >= 0.6 is 11.6 Å². The summed E-state index contributed by atoms with van der Waals surface area (Å²) in [6.07, 6.45) is 4.05. The Balaban J connectivity index is 1.56. The molecule has 7 nitrogen and oxygen atoms in total.